The van der Waals surface area contributed by atoms with Crippen LogP contribution in [0.2, 0.25) is 0 Å². The minimum Gasteiger partial charge on any atom is -0.466 e. The Morgan fingerprint density at radius 2 is 0.974 bits per heavy atom. The molecule has 8 unspecified atom stereocenters. The lowest BCUT2D eigenvalue weighted by Gasteiger charge is -2.90. The molecule has 0 aromatic heterocycles. The maximum absolute atomic E-state index is 14.3. The van der Waals surface area contributed by atoms with E-state index in [2.05, 4.69) is 12.1 Å². The molecular weight excluding hydrogens is 488 g/mol. The third kappa shape index (κ3) is 2.23. The Balaban J connectivity index is 1.43. The molecule has 0 bridgehead atoms. The first-order valence-electron chi connectivity index (χ1n) is 13.0. The minimum absolute atomic E-state index is 0.0368. The van der Waals surface area contributed by atoms with E-state index in [1.54, 1.807) is 0 Å². The number of benzene rings is 2. The Kier molecular flexibility index (Phi) is 4.60. The van der Waals surface area contributed by atoms with Crippen LogP contribution in [-0.2, 0) is 38.1 Å². The molecule has 7 rings (SSSR count). The summed E-state index contributed by atoms with van der Waals surface area (Å²) in [6.07, 6.45) is -2.25. The maximum atomic E-state index is 14.3. The second-order valence-electron chi connectivity index (χ2n) is 11.2. The first kappa shape index (κ1) is 23.4. The molecule has 10 atom stereocenters. The Labute approximate surface area is 219 Å². The van der Waals surface area contributed by atoms with E-state index in [1.807, 2.05) is 36.4 Å². The van der Waals surface area contributed by atoms with Crippen LogP contribution >= 0.6 is 0 Å². The van der Waals surface area contributed by atoms with Gasteiger partial charge in [-0.05, 0) is 59.8 Å². The average molecular weight is 517 g/mol. The monoisotopic (exact) mass is 516 g/mol. The molecule has 5 aliphatic carbocycles. The summed E-state index contributed by atoms with van der Waals surface area (Å²) >= 11 is 0. The van der Waals surface area contributed by atoms with Crippen molar-refractivity contribution < 1.29 is 38.1 Å². The number of carbonyl (C=O) groups is 4. The van der Waals surface area contributed by atoms with Crippen LogP contribution in [0.15, 0.2) is 48.5 Å². The Morgan fingerprint density at radius 3 is 1.32 bits per heavy atom. The van der Waals surface area contributed by atoms with Gasteiger partial charge in [0, 0.05) is 11.8 Å². The highest BCUT2D eigenvalue weighted by molar-refractivity contribution is 6.01. The van der Waals surface area contributed by atoms with Crippen LogP contribution in [0.5, 0.6) is 0 Å². The van der Waals surface area contributed by atoms with Crippen LogP contribution in [0.3, 0.4) is 0 Å². The number of ether oxygens (including phenoxy) is 4. The molecule has 0 spiro atoms. The summed E-state index contributed by atoms with van der Waals surface area (Å²) in [5, 5.41) is 0. The summed E-state index contributed by atoms with van der Waals surface area (Å²) in [4.78, 5) is 53.0. The number of hydrogen-bond acceptors (Lipinski definition) is 8. The fourth-order valence-corrected chi connectivity index (χ4v) is 9.32. The van der Waals surface area contributed by atoms with E-state index in [1.165, 1.54) is 39.2 Å². The van der Waals surface area contributed by atoms with Crippen LogP contribution in [0, 0.1) is 22.7 Å². The third-order valence-corrected chi connectivity index (χ3v) is 10.3. The summed E-state index contributed by atoms with van der Waals surface area (Å²) < 4.78 is 21.2. The van der Waals surface area contributed by atoms with Gasteiger partial charge in [0.15, 0.2) is 12.2 Å². The Hall–Kier alpha value is -3.68. The summed E-state index contributed by atoms with van der Waals surface area (Å²) in [6, 6.07) is 16.3. The van der Waals surface area contributed by atoms with Gasteiger partial charge in [-0.15, -0.1) is 0 Å². The van der Waals surface area contributed by atoms with Crippen molar-refractivity contribution in [1.29, 1.82) is 0 Å². The Bertz CT molecular complexity index is 1320. The van der Waals surface area contributed by atoms with Gasteiger partial charge in [-0.2, -0.15) is 0 Å². The van der Waals surface area contributed by atoms with Crippen LogP contribution in [0.4, 0.5) is 0 Å². The number of esters is 4. The fourth-order valence-electron chi connectivity index (χ4n) is 9.32. The average Bonchev–Trinajstić information content (AvgIpc) is 2.88. The second kappa shape index (κ2) is 7.46. The lowest BCUT2D eigenvalue weighted by atomic mass is 9.09. The first-order valence-corrected chi connectivity index (χ1v) is 13.0. The van der Waals surface area contributed by atoms with Gasteiger partial charge in [-0.3, -0.25) is 9.59 Å². The van der Waals surface area contributed by atoms with E-state index in [0.29, 0.717) is 0 Å². The minimum atomic E-state index is -1.19. The van der Waals surface area contributed by atoms with Gasteiger partial charge in [0.25, 0.3) is 0 Å². The quantitative estimate of drug-likeness (QED) is 0.426. The fraction of sp³-hybridized carbons (Fsp3) is 0.467. The van der Waals surface area contributed by atoms with E-state index >= 15 is 0 Å². The van der Waals surface area contributed by atoms with E-state index in [9.17, 15) is 19.2 Å². The predicted octanol–water partition coefficient (Wildman–Crippen LogP) is 3.20. The van der Waals surface area contributed by atoms with E-state index < -0.39 is 46.9 Å². The SMILES string of the molecule is COC(=O)[C@@H](C)OC(=O)C12C3c4ccccc4C4C5c6ccccc6C3C1(C(=O)O[C@H](C)C(=O)OC)C5C42. The molecule has 38 heavy (non-hydrogen) atoms. The van der Waals surface area contributed by atoms with Gasteiger partial charge in [0.2, 0.25) is 0 Å². The molecule has 0 N–H and O–H groups in total. The Morgan fingerprint density at radius 1 is 0.632 bits per heavy atom. The number of carbonyl (C=O) groups excluding carboxylic acids is 4. The molecule has 196 valence electrons. The molecule has 5 aliphatic rings. The van der Waals surface area contributed by atoms with Gasteiger partial charge in [-0.25, -0.2) is 9.59 Å². The first-order chi connectivity index (χ1) is 18.3. The summed E-state index contributed by atoms with van der Waals surface area (Å²) in [5.74, 6) is -3.30. The second-order valence-corrected chi connectivity index (χ2v) is 11.2. The van der Waals surface area contributed by atoms with Crippen molar-refractivity contribution in [3.05, 3.63) is 70.8 Å². The highest BCUT2D eigenvalue weighted by Crippen LogP contribution is 2.99. The molecule has 2 aromatic carbocycles. The van der Waals surface area contributed by atoms with Gasteiger partial charge in [0.05, 0.1) is 25.0 Å². The maximum Gasteiger partial charge on any atom is 0.346 e. The zero-order valence-electron chi connectivity index (χ0n) is 21.5. The molecule has 2 aromatic rings. The zero-order valence-corrected chi connectivity index (χ0v) is 21.5. The van der Waals surface area contributed by atoms with Crippen LogP contribution in [0.25, 0.3) is 0 Å². The molecule has 3 fully saturated rings. The summed E-state index contributed by atoms with van der Waals surface area (Å²) in [6.45, 7) is 2.95. The van der Waals surface area contributed by atoms with E-state index in [-0.39, 0.29) is 35.5 Å². The number of hydrogen-bond donors (Lipinski definition) is 0. The molecule has 0 aliphatic heterocycles. The molecule has 8 nitrogen and oxygen atoms in total. The van der Waals surface area contributed by atoms with Crippen LogP contribution < -0.4 is 0 Å². The largest absolute Gasteiger partial charge is 0.466 e. The van der Waals surface area contributed by atoms with Gasteiger partial charge < -0.3 is 18.9 Å². The van der Waals surface area contributed by atoms with Crippen molar-refractivity contribution in [1.82, 2.24) is 0 Å². The zero-order chi connectivity index (χ0) is 26.7. The smallest absolute Gasteiger partial charge is 0.346 e. The lowest BCUT2D eigenvalue weighted by molar-refractivity contribution is -0.366. The molecule has 0 heterocycles. The molecule has 8 heteroatoms. The topological polar surface area (TPSA) is 105 Å². The number of rotatable bonds is 6. The highest BCUT2D eigenvalue weighted by atomic mass is 16.6. The van der Waals surface area contributed by atoms with Gasteiger partial charge in [0.1, 0.15) is 0 Å². The normalized spacial score (nSPS) is 36.8. The standard InChI is InChI=1S/C30H28O8/c1-13(25(31)35-3)37-27(33)29-21-17-11-7-5-9-15(17)19-20-16-10-6-8-12-18(16)22(21)30(29,24(20)23(19)29)28(34)38-14(2)26(32)36-4/h5-14,19-24H,1-4H3/t13-,14-,19?,20?,21?,22?,23?,24?,29?,30?/m1/s1. The van der Waals surface area contributed by atoms with Crippen LogP contribution in [-0.4, -0.2) is 50.3 Å². The third-order valence-electron chi connectivity index (χ3n) is 10.3. The van der Waals surface area contributed by atoms with Crippen molar-refractivity contribution in [2.45, 2.75) is 49.7 Å². The van der Waals surface area contributed by atoms with Crippen molar-refractivity contribution in [2.75, 3.05) is 14.2 Å². The molecule has 0 amide bonds. The molecule has 0 saturated heterocycles. The number of fused-ring (bicyclic) bond motifs is 8. The van der Waals surface area contributed by atoms with Crippen molar-refractivity contribution in [3.8, 4) is 0 Å². The molecule has 3 saturated carbocycles. The van der Waals surface area contributed by atoms with Crippen molar-refractivity contribution >= 4 is 23.9 Å². The lowest BCUT2D eigenvalue weighted by Crippen LogP contribution is -2.92. The van der Waals surface area contributed by atoms with Gasteiger partial charge in [-0.1, -0.05) is 48.5 Å². The van der Waals surface area contributed by atoms with Crippen molar-refractivity contribution in [2.24, 2.45) is 22.7 Å². The summed E-state index contributed by atoms with van der Waals surface area (Å²) in [7, 11) is 2.48. The summed E-state index contributed by atoms with van der Waals surface area (Å²) in [5.41, 5.74) is 2.14. The van der Waals surface area contributed by atoms with Gasteiger partial charge >= 0.3 is 23.9 Å². The predicted molar refractivity (Wildman–Crippen MR) is 131 cm³/mol. The van der Waals surface area contributed by atoms with E-state index in [0.717, 1.165) is 11.1 Å². The number of methoxy groups -OCH3 is 2. The molecular formula is C30H28O8. The molecule has 0 radical (unpaired) electrons. The van der Waals surface area contributed by atoms with E-state index in [4.69, 9.17) is 18.9 Å². The van der Waals surface area contributed by atoms with Crippen molar-refractivity contribution in [3.63, 3.8) is 0 Å². The van der Waals surface area contributed by atoms with Crippen LogP contribution in [0.1, 0.15) is 59.8 Å². The highest BCUT2D eigenvalue weighted by Gasteiger charge is 3.00.